The fourth-order valence-corrected chi connectivity index (χ4v) is 2.06. The molecule has 0 unspecified atom stereocenters. The van der Waals surface area contributed by atoms with E-state index in [0.29, 0.717) is 0 Å². The van der Waals surface area contributed by atoms with Gasteiger partial charge in [0.2, 0.25) is 0 Å². The highest BCUT2D eigenvalue weighted by Crippen LogP contribution is 2.34. The van der Waals surface area contributed by atoms with E-state index in [4.69, 9.17) is 24.5 Å². The SMILES string of the molecule is Cc1ccc2c(c1)OC(C1=NCCN1)=CN2C.O=C(O)C(=O)O. The number of nitrogens with one attached hydrogen (secondary N) is 1. The van der Waals surface area contributed by atoms with Gasteiger partial charge in [0.25, 0.3) is 0 Å². The van der Waals surface area contributed by atoms with E-state index in [1.807, 2.05) is 19.3 Å². The van der Waals surface area contributed by atoms with Crippen molar-refractivity contribution in [3.63, 3.8) is 0 Å². The number of ether oxygens (including phenoxy) is 1. The number of carboxylic acid groups (broad SMARTS) is 2. The zero-order valence-corrected chi connectivity index (χ0v) is 12.7. The minimum absolute atomic E-state index is 0.795. The Morgan fingerprint density at radius 2 is 2.00 bits per heavy atom. The molecule has 0 saturated carbocycles. The van der Waals surface area contributed by atoms with E-state index in [1.165, 1.54) is 5.56 Å². The Bertz CT molecular complexity index is 684. The Morgan fingerprint density at radius 1 is 1.30 bits per heavy atom. The molecule has 8 nitrogen and oxygen atoms in total. The summed E-state index contributed by atoms with van der Waals surface area (Å²) in [5.74, 6) is -1.11. The highest BCUT2D eigenvalue weighted by molar-refractivity contribution is 6.27. The van der Waals surface area contributed by atoms with Crippen molar-refractivity contribution < 1.29 is 24.5 Å². The van der Waals surface area contributed by atoms with Crippen LogP contribution in [-0.4, -0.2) is 48.1 Å². The molecule has 0 spiro atoms. The van der Waals surface area contributed by atoms with Crippen molar-refractivity contribution in [2.45, 2.75) is 6.92 Å². The van der Waals surface area contributed by atoms with E-state index in [1.54, 1.807) is 0 Å². The standard InChI is InChI=1S/C13H15N3O.C2H2O4/c1-9-3-4-10-11(7-9)17-12(8-16(10)2)13-14-5-6-15-13;3-1(4)2(5)6/h3-4,7-8H,5-6H2,1-2H3,(H,14,15);(H,3,4)(H,5,6). The van der Waals surface area contributed by atoms with Crippen molar-refractivity contribution in [2.75, 3.05) is 25.0 Å². The number of anilines is 1. The molecule has 0 aromatic heterocycles. The topological polar surface area (TPSA) is 111 Å². The first-order valence-electron chi connectivity index (χ1n) is 6.86. The lowest BCUT2D eigenvalue weighted by Gasteiger charge is -2.26. The van der Waals surface area contributed by atoms with Crippen LogP contribution in [0.1, 0.15) is 5.56 Å². The zero-order chi connectivity index (χ0) is 17.0. The molecule has 0 bridgehead atoms. The Hall–Kier alpha value is -3.03. The molecule has 0 atom stereocenters. The molecule has 3 rings (SSSR count). The van der Waals surface area contributed by atoms with E-state index in [2.05, 4.69) is 34.3 Å². The van der Waals surface area contributed by atoms with E-state index in [0.717, 1.165) is 36.1 Å². The molecule has 1 aromatic rings. The first kappa shape index (κ1) is 16.3. The number of aliphatic imine (C=N–C) groups is 1. The van der Waals surface area contributed by atoms with E-state index >= 15 is 0 Å². The van der Waals surface area contributed by atoms with Gasteiger partial charge in [-0.2, -0.15) is 0 Å². The van der Waals surface area contributed by atoms with Crippen LogP contribution in [0.25, 0.3) is 0 Å². The van der Waals surface area contributed by atoms with Crippen molar-refractivity contribution in [1.82, 2.24) is 5.32 Å². The maximum absolute atomic E-state index is 9.10. The molecule has 0 amide bonds. The maximum atomic E-state index is 9.10. The largest absolute Gasteiger partial charge is 0.473 e. The normalized spacial score (nSPS) is 15.1. The van der Waals surface area contributed by atoms with Crippen LogP contribution in [0.2, 0.25) is 0 Å². The molecule has 3 N–H and O–H groups in total. The molecular weight excluding hydrogens is 302 g/mol. The third-order valence-corrected chi connectivity index (χ3v) is 3.12. The first-order valence-corrected chi connectivity index (χ1v) is 6.86. The lowest BCUT2D eigenvalue weighted by atomic mass is 10.2. The molecule has 122 valence electrons. The highest BCUT2D eigenvalue weighted by Gasteiger charge is 2.21. The zero-order valence-electron chi connectivity index (χ0n) is 12.7. The van der Waals surface area contributed by atoms with Gasteiger partial charge in [0.15, 0.2) is 17.3 Å². The summed E-state index contributed by atoms with van der Waals surface area (Å²) in [5, 5.41) is 18.0. The molecule has 8 heteroatoms. The summed E-state index contributed by atoms with van der Waals surface area (Å²) >= 11 is 0. The summed E-state index contributed by atoms with van der Waals surface area (Å²) in [6.45, 7) is 3.77. The van der Waals surface area contributed by atoms with Crippen LogP contribution >= 0.6 is 0 Å². The van der Waals surface area contributed by atoms with E-state index in [9.17, 15) is 0 Å². The molecule has 0 aliphatic carbocycles. The van der Waals surface area contributed by atoms with Crippen molar-refractivity contribution in [1.29, 1.82) is 0 Å². The number of carboxylic acids is 2. The average molecular weight is 319 g/mol. The van der Waals surface area contributed by atoms with Crippen LogP contribution in [-0.2, 0) is 9.59 Å². The van der Waals surface area contributed by atoms with E-state index < -0.39 is 11.9 Å². The van der Waals surface area contributed by atoms with Gasteiger partial charge in [0, 0.05) is 13.6 Å². The molecular formula is C15H17N3O5. The summed E-state index contributed by atoms with van der Waals surface area (Å²) in [4.78, 5) is 24.6. The predicted molar refractivity (Wildman–Crippen MR) is 83.9 cm³/mol. The Kier molecular flexibility index (Phi) is 4.85. The smallest absolute Gasteiger partial charge is 0.414 e. The van der Waals surface area contributed by atoms with Gasteiger partial charge in [-0.1, -0.05) is 6.07 Å². The first-order chi connectivity index (χ1) is 10.9. The van der Waals surface area contributed by atoms with Crippen molar-refractivity contribution in [3.8, 4) is 5.75 Å². The molecule has 1 aromatic carbocycles. The van der Waals surface area contributed by atoms with Crippen molar-refractivity contribution in [3.05, 3.63) is 35.7 Å². The highest BCUT2D eigenvalue weighted by atomic mass is 16.5. The number of benzene rings is 1. The number of aryl methyl sites for hydroxylation is 1. The van der Waals surface area contributed by atoms with E-state index in [-0.39, 0.29) is 0 Å². The number of hydrogen-bond donors (Lipinski definition) is 3. The fourth-order valence-electron chi connectivity index (χ4n) is 2.06. The molecule has 2 aliphatic rings. The van der Waals surface area contributed by atoms with Gasteiger partial charge in [-0.3, -0.25) is 4.99 Å². The van der Waals surface area contributed by atoms with Crippen LogP contribution in [0.3, 0.4) is 0 Å². The quantitative estimate of drug-likeness (QED) is 0.657. The molecule has 0 radical (unpaired) electrons. The minimum Gasteiger partial charge on any atom is -0.473 e. The maximum Gasteiger partial charge on any atom is 0.414 e. The summed E-state index contributed by atoms with van der Waals surface area (Å²) in [6, 6.07) is 6.21. The number of carbonyl (C=O) groups is 2. The van der Waals surface area contributed by atoms with Crippen LogP contribution in [0, 0.1) is 6.92 Å². The fraction of sp³-hybridized carbons (Fsp3) is 0.267. The second kappa shape index (κ2) is 6.82. The predicted octanol–water partition coefficient (Wildman–Crippen LogP) is 0.822. The summed E-state index contributed by atoms with van der Waals surface area (Å²) in [6.07, 6.45) is 1.97. The summed E-state index contributed by atoms with van der Waals surface area (Å²) < 4.78 is 5.89. The third kappa shape index (κ3) is 4.00. The van der Waals surface area contributed by atoms with Crippen LogP contribution < -0.4 is 15.0 Å². The number of aliphatic carboxylic acids is 2. The van der Waals surface area contributed by atoms with Crippen molar-refractivity contribution >= 4 is 23.5 Å². The lowest BCUT2D eigenvalue weighted by molar-refractivity contribution is -0.159. The van der Waals surface area contributed by atoms with Crippen LogP contribution in [0.4, 0.5) is 5.69 Å². The monoisotopic (exact) mass is 319 g/mol. The Labute approximate surface area is 132 Å². The number of nitrogens with zero attached hydrogens (tertiary/aromatic N) is 2. The second-order valence-electron chi connectivity index (χ2n) is 4.94. The van der Waals surface area contributed by atoms with Gasteiger partial charge in [-0.25, -0.2) is 9.59 Å². The second-order valence-corrected chi connectivity index (χ2v) is 4.94. The third-order valence-electron chi connectivity index (χ3n) is 3.12. The molecule has 2 aliphatic heterocycles. The van der Waals surface area contributed by atoms with Gasteiger partial charge in [-0.05, 0) is 24.6 Å². The Morgan fingerprint density at radius 3 is 2.57 bits per heavy atom. The molecule has 2 heterocycles. The summed E-state index contributed by atoms with van der Waals surface area (Å²) in [5.41, 5.74) is 2.28. The molecule has 0 saturated heterocycles. The lowest BCUT2D eigenvalue weighted by Crippen LogP contribution is -2.28. The van der Waals surface area contributed by atoms with Gasteiger partial charge >= 0.3 is 11.9 Å². The number of fused-ring (bicyclic) bond motifs is 1. The number of rotatable bonds is 1. The van der Waals surface area contributed by atoms with Gasteiger partial charge < -0.3 is 25.2 Å². The van der Waals surface area contributed by atoms with Crippen LogP contribution in [0.15, 0.2) is 35.2 Å². The van der Waals surface area contributed by atoms with Gasteiger partial charge in [-0.15, -0.1) is 0 Å². The minimum atomic E-state index is -1.82. The van der Waals surface area contributed by atoms with Gasteiger partial charge in [0.1, 0.15) is 0 Å². The molecule has 0 fully saturated rings. The number of hydrogen-bond acceptors (Lipinski definition) is 6. The Balaban J connectivity index is 0.000000277. The molecule has 23 heavy (non-hydrogen) atoms. The number of amidine groups is 1. The van der Waals surface area contributed by atoms with Gasteiger partial charge in [0.05, 0.1) is 18.4 Å². The van der Waals surface area contributed by atoms with Crippen molar-refractivity contribution in [2.24, 2.45) is 4.99 Å². The average Bonchev–Trinajstić information content (AvgIpc) is 3.01. The van der Waals surface area contributed by atoms with Crippen LogP contribution in [0.5, 0.6) is 5.75 Å². The summed E-state index contributed by atoms with van der Waals surface area (Å²) in [7, 11) is 2.02.